The molecule has 1 aromatic carbocycles. The van der Waals surface area contributed by atoms with Gasteiger partial charge < -0.3 is 21.1 Å². The van der Waals surface area contributed by atoms with Crippen LogP contribution in [0.4, 0.5) is 10.5 Å². The molecule has 19 heavy (non-hydrogen) atoms. The molecule has 7 nitrogen and oxygen atoms in total. The molecule has 0 atom stereocenters. The summed E-state index contributed by atoms with van der Waals surface area (Å²) < 4.78 is 0. The quantitative estimate of drug-likeness (QED) is 0.740. The SMILES string of the molecule is NC(=O)CN(CC(=O)O)C(=O)Nc1ccccc1Cl. The van der Waals surface area contributed by atoms with Gasteiger partial charge in [0, 0.05) is 0 Å². The van der Waals surface area contributed by atoms with Gasteiger partial charge in [-0.2, -0.15) is 0 Å². The van der Waals surface area contributed by atoms with Crippen LogP contribution >= 0.6 is 11.6 Å². The maximum Gasteiger partial charge on any atom is 0.323 e. The van der Waals surface area contributed by atoms with E-state index in [2.05, 4.69) is 5.32 Å². The van der Waals surface area contributed by atoms with E-state index in [4.69, 9.17) is 22.4 Å². The first-order chi connectivity index (χ1) is 8.90. The third-order valence-corrected chi connectivity index (χ3v) is 2.41. The van der Waals surface area contributed by atoms with E-state index in [-0.39, 0.29) is 0 Å². The van der Waals surface area contributed by atoms with Crippen molar-refractivity contribution in [2.75, 3.05) is 18.4 Å². The van der Waals surface area contributed by atoms with Gasteiger partial charge in [-0.15, -0.1) is 0 Å². The Kier molecular flexibility index (Phi) is 5.13. The number of nitrogens with zero attached hydrogens (tertiary/aromatic N) is 1. The molecule has 0 bridgehead atoms. The van der Waals surface area contributed by atoms with Gasteiger partial charge in [-0.05, 0) is 12.1 Å². The molecule has 0 aliphatic carbocycles. The van der Waals surface area contributed by atoms with E-state index in [1.165, 1.54) is 0 Å². The summed E-state index contributed by atoms with van der Waals surface area (Å²) in [5.74, 6) is -2.06. The number of para-hydroxylation sites is 1. The molecule has 0 aliphatic heterocycles. The summed E-state index contributed by atoms with van der Waals surface area (Å²) in [5.41, 5.74) is 5.26. The van der Waals surface area contributed by atoms with Crippen LogP contribution < -0.4 is 11.1 Å². The van der Waals surface area contributed by atoms with Crippen molar-refractivity contribution in [2.24, 2.45) is 5.73 Å². The molecule has 0 unspecified atom stereocenters. The summed E-state index contributed by atoms with van der Waals surface area (Å²) in [4.78, 5) is 34.0. The zero-order valence-electron chi connectivity index (χ0n) is 9.80. The van der Waals surface area contributed by atoms with Crippen molar-refractivity contribution in [2.45, 2.75) is 0 Å². The number of nitrogens with two attached hydrogens (primary N) is 1. The molecular weight excluding hydrogens is 274 g/mol. The van der Waals surface area contributed by atoms with E-state index in [0.29, 0.717) is 10.7 Å². The molecule has 0 heterocycles. The van der Waals surface area contributed by atoms with Crippen molar-refractivity contribution in [3.05, 3.63) is 29.3 Å². The number of carboxylic acids is 1. The van der Waals surface area contributed by atoms with Crippen LogP contribution in [-0.4, -0.2) is 41.0 Å². The van der Waals surface area contributed by atoms with E-state index in [9.17, 15) is 14.4 Å². The molecule has 4 N–H and O–H groups in total. The van der Waals surface area contributed by atoms with Crippen LogP contribution in [-0.2, 0) is 9.59 Å². The first-order valence-corrected chi connectivity index (χ1v) is 5.58. The van der Waals surface area contributed by atoms with Crippen molar-refractivity contribution >= 4 is 35.2 Å². The van der Waals surface area contributed by atoms with Crippen LogP contribution in [0.15, 0.2) is 24.3 Å². The highest BCUT2D eigenvalue weighted by molar-refractivity contribution is 6.33. The number of urea groups is 1. The van der Waals surface area contributed by atoms with E-state index in [0.717, 1.165) is 4.90 Å². The number of anilines is 1. The number of hydrogen-bond donors (Lipinski definition) is 3. The number of primary amides is 1. The predicted molar refractivity (Wildman–Crippen MR) is 68.9 cm³/mol. The van der Waals surface area contributed by atoms with Crippen molar-refractivity contribution < 1.29 is 19.5 Å². The number of carbonyl (C=O) groups excluding carboxylic acids is 2. The fraction of sp³-hybridized carbons (Fsp3) is 0.182. The molecule has 0 aliphatic rings. The Hall–Kier alpha value is -2.28. The van der Waals surface area contributed by atoms with E-state index in [1.54, 1.807) is 24.3 Å². The predicted octanol–water partition coefficient (Wildman–Crippen LogP) is 0.744. The van der Waals surface area contributed by atoms with Gasteiger partial charge in [-0.25, -0.2) is 4.79 Å². The Morgan fingerprint density at radius 2 is 1.89 bits per heavy atom. The molecule has 8 heteroatoms. The molecule has 0 radical (unpaired) electrons. The first kappa shape index (κ1) is 14.8. The zero-order valence-corrected chi connectivity index (χ0v) is 10.6. The van der Waals surface area contributed by atoms with Crippen LogP contribution in [0.1, 0.15) is 0 Å². The van der Waals surface area contributed by atoms with Crippen LogP contribution in [0.5, 0.6) is 0 Å². The minimum absolute atomic E-state index is 0.296. The van der Waals surface area contributed by atoms with Crippen LogP contribution in [0, 0.1) is 0 Å². The summed E-state index contributed by atoms with van der Waals surface area (Å²) in [6, 6.07) is 5.67. The zero-order chi connectivity index (χ0) is 14.4. The second-order valence-electron chi connectivity index (χ2n) is 3.63. The van der Waals surface area contributed by atoms with Crippen LogP contribution in [0.3, 0.4) is 0 Å². The smallest absolute Gasteiger partial charge is 0.323 e. The second-order valence-corrected chi connectivity index (χ2v) is 4.03. The largest absolute Gasteiger partial charge is 0.480 e. The topological polar surface area (TPSA) is 113 Å². The molecule has 0 spiro atoms. The van der Waals surface area contributed by atoms with E-state index in [1.807, 2.05) is 0 Å². The minimum Gasteiger partial charge on any atom is -0.480 e. The highest BCUT2D eigenvalue weighted by atomic mass is 35.5. The van der Waals surface area contributed by atoms with Gasteiger partial charge in [-0.3, -0.25) is 9.59 Å². The van der Waals surface area contributed by atoms with Gasteiger partial charge in [0.25, 0.3) is 0 Å². The molecule has 0 aromatic heterocycles. The van der Waals surface area contributed by atoms with Gasteiger partial charge >= 0.3 is 12.0 Å². The summed E-state index contributed by atoms with van der Waals surface area (Å²) in [6.07, 6.45) is 0. The highest BCUT2D eigenvalue weighted by Crippen LogP contribution is 2.20. The van der Waals surface area contributed by atoms with E-state index >= 15 is 0 Å². The van der Waals surface area contributed by atoms with Gasteiger partial charge in [0.15, 0.2) is 0 Å². The van der Waals surface area contributed by atoms with Gasteiger partial charge in [0.05, 0.1) is 10.7 Å². The summed E-state index contributed by atoms with van der Waals surface area (Å²) in [6.45, 7) is -1.14. The number of carbonyl (C=O) groups is 3. The fourth-order valence-corrected chi connectivity index (χ4v) is 1.49. The monoisotopic (exact) mass is 285 g/mol. The van der Waals surface area contributed by atoms with Crippen molar-refractivity contribution in [3.8, 4) is 0 Å². The number of amides is 3. The van der Waals surface area contributed by atoms with E-state index < -0.39 is 31.0 Å². The normalized spacial score (nSPS) is 9.74. The summed E-state index contributed by atoms with van der Waals surface area (Å²) >= 11 is 5.84. The number of rotatable bonds is 5. The third kappa shape index (κ3) is 4.84. The third-order valence-electron chi connectivity index (χ3n) is 2.08. The van der Waals surface area contributed by atoms with Crippen molar-refractivity contribution in [3.63, 3.8) is 0 Å². The lowest BCUT2D eigenvalue weighted by Gasteiger charge is -2.19. The average molecular weight is 286 g/mol. The van der Waals surface area contributed by atoms with Gasteiger partial charge in [0.2, 0.25) is 5.91 Å². The van der Waals surface area contributed by atoms with Gasteiger partial charge in [0.1, 0.15) is 13.1 Å². The highest BCUT2D eigenvalue weighted by Gasteiger charge is 2.19. The Morgan fingerprint density at radius 3 is 2.42 bits per heavy atom. The number of hydrogen-bond acceptors (Lipinski definition) is 3. The Balaban J connectivity index is 2.79. The fourth-order valence-electron chi connectivity index (χ4n) is 1.31. The second kappa shape index (κ2) is 6.60. The molecule has 102 valence electrons. The summed E-state index contributed by atoms with van der Waals surface area (Å²) in [7, 11) is 0. The lowest BCUT2D eigenvalue weighted by atomic mass is 10.3. The standard InChI is InChI=1S/C11H12ClN3O4/c12-7-3-1-2-4-8(7)14-11(19)15(5-9(13)16)6-10(17)18/h1-4H,5-6H2,(H2,13,16)(H,14,19)(H,17,18). The Labute approximate surface area is 113 Å². The number of nitrogens with one attached hydrogen (secondary N) is 1. The molecule has 1 rings (SSSR count). The number of benzene rings is 1. The molecule has 0 saturated heterocycles. The lowest BCUT2D eigenvalue weighted by Crippen LogP contribution is -2.43. The Morgan fingerprint density at radius 1 is 1.26 bits per heavy atom. The minimum atomic E-state index is -1.25. The maximum atomic E-state index is 11.8. The molecular formula is C11H12ClN3O4. The lowest BCUT2D eigenvalue weighted by molar-refractivity contribution is -0.137. The molecule has 1 aromatic rings. The van der Waals surface area contributed by atoms with Crippen molar-refractivity contribution in [1.82, 2.24) is 4.90 Å². The van der Waals surface area contributed by atoms with Crippen LogP contribution in [0.2, 0.25) is 5.02 Å². The number of carboxylic acid groups (broad SMARTS) is 1. The Bertz CT molecular complexity index is 490. The first-order valence-electron chi connectivity index (χ1n) is 5.20. The average Bonchev–Trinajstić information content (AvgIpc) is 2.30. The van der Waals surface area contributed by atoms with Crippen LogP contribution in [0.25, 0.3) is 0 Å². The van der Waals surface area contributed by atoms with Gasteiger partial charge in [-0.1, -0.05) is 23.7 Å². The number of aliphatic carboxylic acids is 1. The molecule has 3 amide bonds. The number of halogens is 1. The molecule has 0 fully saturated rings. The maximum absolute atomic E-state index is 11.8. The van der Waals surface area contributed by atoms with Crippen molar-refractivity contribution in [1.29, 1.82) is 0 Å². The molecule has 0 saturated carbocycles. The summed E-state index contributed by atoms with van der Waals surface area (Å²) in [5, 5.41) is 11.4.